The molecule has 1 aliphatic rings. The Morgan fingerprint density at radius 1 is 1.04 bits per heavy atom. The highest BCUT2D eigenvalue weighted by atomic mass is 35.5. The average Bonchev–Trinajstić information content (AvgIpc) is 3.52. The van der Waals surface area contributed by atoms with Gasteiger partial charge in [0.2, 0.25) is 0 Å². The van der Waals surface area contributed by atoms with Crippen molar-refractivity contribution in [2.24, 2.45) is 0 Å². The zero-order chi connectivity index (χ0) is 34.4. The second kappa shape index (κ2) is 15.5. The second-order valence-corrected chi connectivity index (χ2v) is 12.6. The number of hydrogen-bond acceptors (Lipinski definition) is 8. The van der Waals surface area contributed by atoms with Gasteiger partial charge in [-0.15, -0.1) is 11.8 Å². The maximum absolute atomic E-state index is 13.1. The predicted octanol–water partition coefficient (Wildman–Crippen LogP) is 6.00. The van der Waals surface area contributed by atoms with E-state index in [9.17, 15) is 24.3 Å². The Morgan fingerprint density at radius 3 is 2.60 bits per heavy atom. The molecule has 0 saturated heterocycles. The number of ether oxygens (including phenoxy) is 2. The Bertz CT molecular complexity index is 1870. The molecule has 3 aromatic carbocycles. The third-order valence-electron chi connectivity index (χ3n) is 7.42. The minimum atomic E-state index is -1.59. The number of rotatable bonds is 12. The van der Waals surface area contributed by atoms with Gasteiger partial charge in [-0.3, -0.25) is 19.2 Å². The third kappa shape index (κ3) is 8.22. The Labute approximate surface area is 289 Å². The summed E-state index contributed by atoms with van der Waals surface area (Å²) >= 11 is 14.2. The number of aliphatic carboxylic acids is 2. The highest BCUT2D eigenvalue weighted by molar-refractivity contribution is 7.99. The molecule has 48 heavy (non-hydrogen) atoms. The van der Waals surface area contributed by atoms with Gasteiger partial charge in [0.15, 0.2) is 0 Å². The van der Waals surface area contributed by atoms with E-state index in [1.165, 1.54) is 18.2 Å². The first-order valence-corrected chi connectivity index (χ1v) is 16.4. The first kappa shape index (κ1) is 34.6. The lowest BCUT2D eigenvalue weighted by Crippen LogP contribution is -2.42. The number of nitrogens with one attached hydrogen (secondary N) is 1. The number of aromatic nitrogens is 2. The molecule has 0 bridgehead atoms. The molecule has 0 aliphatic carbocycles. The molecule has 1 atom stereocenters. The van der Waals surface area contributed by atoms with Crippen LogP contribution in [0.1, 0.15) is 27.9 Å². The van der Waals surface area contributed by atoms with Crippen LogP contribution in [0.4, 0.5) is 10.5 Å². The summed E-state index contributed by atoms with van der Waals surface area (Å²) in [7, 11) is 0. The van der Waals surface area contributed by atoms with Crippen molar-refractivity contribution in [3.8, 4) is 16.9 Å². The van der Waals surface area contributed by atoms with Gasteiger partial charge in [0.25, 0.3) is 5.91 Å². The summed E-state index contributed by atoms with van der Waals surface area (Å²) in [5, 5.41) is 25.9. The number of benzene rings is 3. The normalized spacial score (nSPS) is 12.9. The summed E-state index contributed by atoms with van der Waals surface area (Å²) in [5.41, 5.74) is 3.86. The van der Waals surface area contributed by atoms with Crippen molar-refractivity contribution in [3.63, 3.8) is 0 Å². The van der Waals surface area contributed by atoms with Crippen LogP contribution >= 0.6 is 35.0 Å². The standard InChI is InChI=1S/C33H30Cl2N4O8S/c1-19-24(34)5-3-7-28(19)46-11-12-47-33(45)39-10-13-48-30-23(4-2-6-27(30)39)22-16-36-38(18-22)17-21-14-20(8-9-25(21)35)31(42)37-26(32(43)44)15-29(40)41/h2-9,14,16,18,26H,10-13,15,17H2,1H3,(H,37,42)(H,40,41)(H,43,44)/t26-/m0/s1. The van der Waals surface area contributed by atoms with E-state index in [4.69, 9.17) is 37.8 Å². The topological polar surface area (TPSA) is 160 Å². The quantitative estimate of drug-likeness (QED) is 0.149. The lowest BCUT2D eigenvalue weighted by Gasteiger charge is -2.29. The molecule has 0 unspecified atom stereocenters. The number of carbonyl (C=O) groups is 4. The average molecular weight is 714 g/mol. The Morgan fingerprint density at radius 2 is 1.83 bits per heavy atom. The van der Waals surface area contributed by atoms with Crippen LogP contribution < -0.4 is 15.0 Å². The van der Waals surface area contributed by atoms with Gasteiger partial charge in [0.05, 0.1) is 24.8 Å². The van der Waals surface area contributed by atoms with Gasteiger partial charge in [-0.25, -0.2) is 9.59 Å². The number of nitrogens with zero attached hydrogens (tertiary/aromatic N) is 3. The highest BCUT2D eigenvalue weighted by Crippen LogP contribution is 2.42. The Balaban J connectivity index is 1.26. The lowest BCUT2D eigenvalue weighted by atomic mass is 10.1. The van der Waals surface area contributed by atoms with Crippen LogP contribution in [0.5, 0.6) is 5.75 Å². The van der Waals surface area contributed by atoms with Crippen molar-refractivity contribution < 1.29 is 38.9 Å². The van der Waals surface area contributed by atoms with Crippen molar-refractivity contribution in [2.75, 3.05) is 30.4 Å². The highest BCUT2D eigenvalue weighted by Gasteiger charge is 2.27. The number of amides is 2. The summed E-state index contributed by atoms with van der Waals surface area (Å²) in [4.78, 5) is 50.7. The molecule has 5 rings (SSSR count). The smallest absolute Gasteiger partial charge is 0.414 e. The van der Waals surface area contributed by atoms with E-state index < -0.39 is 36.4 Å². The SMILES string of the molecule is Cc1c(Cl)cccc1OCCOC(=O)N1CCSc2c(-c3cnn(Cc4cc(C(=O)N[C@@H](CC(=O)O)C(=O)O)ccc4Cl)c3)cccc21. The van der Waals surface area contributed by atoms with Crippen LogP contribution in [0, 0.1) is 6.92 Å². The Kier molecular flexibility index (Phi) is 11.1. The largest absolute Gasteiger partial charge is 0.490 e. The number of hydrogen-bond donors (Lipinski definition) is 3. The van der Waals surface area contributed by atoms with Crippen LogP contribution in [0.3, 0.4) is 0 Å². The van der Waals surface area contributed by atoms with Crippen LogP contribution in [-0.2, 0) is 20.9 Å². The fourth-order valence-electron chi connectivity index (χ4n) is 4.99. The summed E-state index contributed by atoms with van der Waals surface area (Å²) in [6.07, 6.45) is 2.26. The van der Waals surface area contributed by atoms with E-state index in [0.29, 0.717) is 33.7 Å². The molecule has 0 saturated carbocycles. The van der Waals surface area contributed by atoms with Gasteiger partial charge >= 0.3 is 18.0 Å². The minimum absolute atomic E-state index is 0.0596. The maximum Gasteiger partial charge on any atom is 0.414 e. The summed E-state index contributed by atoms with van der Waals surface area (Å²) in [6.45, 7) is 2.75. The molecule has 1 aromatic heterocycles. The van der Waals surface area contributed by atoms with Gasteiger partial charge < -0.3 is 25.0 Å². The molecular weight excluding hydrogens is 683 g/mol. The number of anilines is 1. The maximum atomic E-state index is 13.1. The van der Waals surface area contributed by atoms with Gasteiger partial charge in [-0.2, -0.15) is 5.10 Å². The summed E-state index contributed by atoms with van der Waals surface area (Å²) in [5.74, 6) is -2.27. The molecule has 2 amide bonds. The third-order valence-corrected chi connectivity index (χ3v) is 9.30. The molecule has 15 heteroatoms. The van der Waals surface area contributed by atoms with Crippen LogP contribution in [-0.4, -0.2) is 75.5 Å². The van der Waals surface area contributed by atoms with Crippen LogP contribution in [0.2, 0.25) is 10.0 Å². The summed E-state index contributed by atoms with van der Waals surface area (Å²) in [6, 6.07) is 13.9. The van der Waals surface area contributed by atoms with Crippen molar-refractivity contribution in [2.45, 2.75) is 30.8 Å². The first-order chi connectivity index (χ1) is 23.0. The molecule has 2 heterocycles. The summed E-state index contributed by atoms with van der Waals surface area (Å²) < 4.78 is 12.9. The van der Waals surface area contributed by atoms with Gasteiger partial charge in [-0.1, -0.05) is 41.4 Å². The zero-order valence-electron chi connectivity index (χ0n) is 25.5. The molecular formula is C33H30Cl2N4O8S. The second-order valence-electron chi connectivity index (χ2n) is 10.7. The van der Waals surface area contributed by atoms with Crippen LogP contribution in [0.25, 0.3) is 11.1 Å². The van der Waals surface area contributed by atoms with Crippen molar-refractivity contribution in [1.82, 2.24) is 15.1 Å². The molecule has 0 spiro atoms. The van der Waals surface area contributed by atoms with Gasteiger partial charge in [0, 0.05) is 55.7 Å². The van der Waals surface area contributed by atoms with E-state index in [1.807, 2.05) is 31.3 Å². The monoisotopic (exact) mass is 712 g/mol. The molecule has 12 nitrogen and oxygen atoms in total. The molecule has 0 fully saturated rings. The predicted molar refractivity (Wildman–Crippen MR) is 180 cm³/mol. The van der Waals surface area contributed by atoms with Crippen molar-refractivity contribution in [1.29, 1.82) is 0 Å². The number of carbonyl (C=O) groups excluding carboxylic acids is 2. The van der Waals surface area contributed by atoms with E-state index in [-0.39, 0.29) is 25.3 Å². The molecule has 0 radical (unpaired) electrons. The van der Waals surface area contributed by atoms with Gasteiger partial charge in [0.1, 0.15) is 25.0 Å². The minimum Gasteiger partial charge on any atom is -0.490 e. The van der Waals surface area contributed by atoms with E-state index in [2.05, 4.69) is 10.4 Å². The zero-order valence-corrected chi connectivity index (χ0v) is 27.8. The molecule has 1 aliphatic heterocycles. The molecule has 4 aromatic rings. The van der Waals surface area contributed by atoms with E-state index in [0.717, 1.165) is 27.3 Å². The number of thioether (sulfide) groups is 1. The fraction of sp³-hybridized carbons (Fsp3) is 0.242. The van der Waals surface area contributed by atoms with Gasteiger partial charge in [-0.05, 0) is 48.9 Å². The molecule has 3 N–H and O–H groups in total. The van der Waals surface area contributed by atoms with Crippen molar-refractivity contribution >= 4 is 64.6 Å². The number of fused-ring (bicyclic) bond motifs is 1. The number of carboxylic acids is 2. The Hall–Kier alpha value is -4.72. The number of halogens is 2. The van der Waals surface area contributed by atoms with Crippen LogP contribution in [0.15, 0.2) is 71.9 Å². The fourth-order valence-corrected chi connectivity index (χ4v) is 6.47. The molecule has 250 valence electrons. The lowest BCUT2D eigenvalue weighted by molar-refractivity contribution is -0.145. The van der Waals surface area contributed by atoms with E-state index in [1.54, 1.807) is 45.7 Å². The first-order valence-electron chi connectivity index (χ1n) is 14.7. The van der Waals surface area contributed by atoms with E-state index >= 15 is 0 Å². The number of carboxylic acid groups (broad SMARTS) is 2. The van der Waals surface area contributed by atoms with Crippen molar-refractivity contribution in [3.05, 3.63) is 93.7 Å².